The Morgan fingerprint density at radius 2 is 1.75 bits per heavy atom. The fraction of sp³-hybridized carbons (Fsp3) is 0.786. The van der Waals surface area contributed by atoms with Crippen LogP contribution in [0.1, 0.15) is 40.5 Å². The topological polar surface area (TPSA) is 51.1 Å². The third-order valence-electron chi connectivity index (χ3n) is 3.68. The number of hydrogen-bond acceptors (Lipinski definition) is 5. The Kier molecular flexibility index (Phi) is 5.02. The third-order valence-corrected chi connectivity index (χ3v) is 3.85. The fourth-order valence-corrected chi connectivity index (χ4v) is 2.64. The largest absolute Gasteiger partial charge is 0.461 e. The van der Waals surface area contributed by atoms with Crippen molar-refractivity contribution in [3.05, 3.63) is 5.28 Å². The average molecular weight is 299 g/mol. The summed E-state index contributed by atoms with van der Waals surface area (Å²) in [6, 6.07) is 0.306. The molecule has 0 bridgehead atoms. The molecule has 0 aliphatic carbocycles. The van der Waals surface area contributed by atoms with Gasteiger partial charge in [0.05, 0.1) is 6.10 Å². The predicted octanol–water partition coefficient (Wildman–Crippen LogP) is 3.18. The van der Waals surface area contributed by atoms with Gasteiger partial charge in [-0.3, -0.25) is 0 Å². The van der Waals surface area contributed by atoms with Gasteiger partial charge in [0.25, 0.3) is 0 Å². The van der Waals surface area contributed by atoms with Crippen molar-refractivity contribution in [1.82, 2.24) is 15.0 Å². The van der Waals surface area contributed by atoms with Crippen LogP contribution in [0.15, 0.2) is 0 Å². The molecule has 1 aliphatic heterocycles. The molecule has 0 radical (unpaired) electrons. The van der Waals surface area contributed by atoms with Crippen LogP contribution in [-0.4, -0.2) is 34.1 Å². The highest BCUT2D eigenvalue weighted by molar-refractivity contribution is 6.28. The summed E-state index contributed by atoms with van der Waals surface area (Å²) in [5, 5.41) is 0.191. The maximum atomic E-state index is 5.96. The van der Waals surface area contributed by atoms with Gasteiger partial charge in [-0.25, -0.2) is 0 Å². The van der Waals surface area contributed by atoms with E-state index in [4.69, 9.17) is 16.3 Å². The predicted molar refractivity (Wildman–Crippen MR) is 80.4 cm³/mol. The summed E-state index contributed by atoms with van der Waals surface area (Å²) in [6.07, 6.45) is 2.36. The fourth-order valence-electron chi connectivity index (χ4n) is 2.49. The molecule has 5 nitrogen and oxygen atoms in total. The Morgan fingerprint density at radius 3 is 2.30 bits per heavy atom. The minimum absolute atomic E-state index is 0.0213. The van der Waals surface area contributed by atoms with Crippen LogP contribution in [0.5, 0.6) is 6.01 Å². The molecule has 6 heteroatoms. The van der Waals surface area contributed by atoms with Crippen molar-refractivity contribution in [1.29, 1.82) is 0 Å². The van der Waals surface area contributed by atoms with Gasteiger partial charge in [0.2, 0.25) is 11.2 Å². The lowest BCUT2D eigenvalue weighted by Gasteiger charge is -2.33. The molecule has 0 aromatic carbocycles. The molecular weight excluding hydrogens is 276 g/mol. The number of piperidine rings is 1. The minimum Gasteiger partial charge on any atom is -0.461 e. The van der Waals surface area contributed by atoms with Crippen LogP contribution in [0.3, 0.4) is 0 Å². The summed E-state index contributed by atoms with van der Waals surface area (Å²) in [5.74, 6) is 2.15. The van der Waals surface area contributed by atoms with Gasteiger partial charge in [-0.2, -0.15) is 15.0 Å². The van der Waals surface area contributed by atoms with E-state index in [0.717, 1.165) is 24.9 Å². The number of ether oxygens (including phenoxy) is 1. The van der Waals surface area contributed by atoms with E-state index >= 15 is 0 Å². The van der Waals surface area contributed by atoms with Crippen LogP contribution in [0, 0.1) is 11.8 Å². The summed E-state index contributed by atoms with van der Waals surface area (Å²) in [7, 11) is 0. The molecule has 0 atom stereocenters. The van der Waals surface area contributed by atoms with E-state index in [1.165, 1.54) is 12.8 Å². The molecule has 0 unspecified atom stereocenters. The molecule has 2 heterocycles. The number of halogens is 1. The van der Waals surface area contributed by atoms with Gasteiger partial charge in [-0.05, 0) is 50.1 Å². The Labute approximate surface area is 125 Å². The van der Waals surface area contributed by atoms with Crippen LogP contribution in [0.25, 0.3) is 0 Å². The standard InChI is InChI=1S/C14H23ClN4O/c1-9(2)11-5-7-19(8-6-11)13-16-12(15)17-14(18-13)20-10(3)4/h9-11H,5-8H2,1-4H3. The van der Waals surface area contributed by atoms with Crippen molar-refractivity contribution in [2.45, 2.75) is 46.6 Å². The van der Waals surface area contributed by atoms with Crippen molar-refractivity contribution in [3.63, 3.8) is 0 Å². The summed E-state index contributed by atoms with van der Waals surface area (Å²) >= 11 is 5.96. The molecule has 112 valence electrons. The number of rotatable bonds is 4. The minimum atomic E-state index is 0.0213. The van der Waals surface area contributed by atoms with Gasteiger partial charge in [0, 0.05) is 13.1 Å². The third kappa shape index (κ3) is 3.95. The van der Waals surface area contributed by atoms with Crippen molar-refractivity contribution in [2.24, 2.45) is 11.8 Å². The Morgan fingerprint density at radius 1 is 1.10 bits per heavy atom. The molecule has 1 fully saturated rings. The quantitative estimate of drug-likeness (QED) is 0.854. The number of nitrogens with zero attached hydrogens (tertiary/aromatic N) is 4. The lowest BCUT2D eigenvalue weighted by molar-refractivity contribution is 0.221. The van der Waals surface area contributed by atoms with Crippen molar-refractivity contribution in [3.8, 4) is 6.01 Å². The molecule has 20 heavy (non-hydrogen) atoms. The highest BCUT2D eigenvalue weighted by Crippen LogP contribution is 2.27. The summed E-state index contributed by atoms with van der Waals surface area (Å²) in [4.78, 5) is 14.8. The SMILES string of the molecule is CC(C)Oc1nc(Cl)nc(N2CCC(C(C)C)CC2)n1. The van der Waals surface area contributed by atoms with E-state index in [-0.39, 0.29) is 11.4 Å². The summed E-state index contributed by atoms with van der Waals surface area (Å²) in [6.45, 7) is 10.4. The average Bonchev–Trinajstić information content (AvgIpc) is 2.37. The first-order valence-corrected chi connectivity index (χ1v) is 7.66. The molecule has 1 saturated heterocycles. The number of anilines is 1. The summed E-state index contributed by atoms with van der Waals surface area (Å²) in [5.41, 5.74) is 0. The van der Waals surface area contributed by atoms with Crippen LogP contribution in [0.4, 0.5) is 5.95 Å². The first kappa shape index (κ1) is 15.3. The first-order chi connectivity index (χ1) is 9.45. The molecular formula is C14H23ClN4O. The zero-order chi connectivity index (χ0) is 14.7. The second-order valence-corrected chi connectivity index (χ2v) is 6.26. The van der Waals surface area contributed by atoms with E-state index in [1.807, 2.05) is 13.8 Å². The van der Waals surface area contributed by atoms with Crippen molar-refractivity contribution < 1.29 is 4.74 Å². The second-order valence-electron chi connectivity index (χ2n) is 5.92. The van der Waals surface area contributed by atoms with Gasteiger partial charge < -0.3 is 9.64 Å². The first-order valence-electron chi connectivity index (χ1n) is 7.29. The summed E-state index contributed by atoms with van der Waals surface area (Å²) < 4.78 is 5.51. The van der Waals surface area contributed by atoms with E-state index in [9.17, 15) is 0 Å². The lowest BCUT2D eigenvalue weighted by Crippen LogP contribution is -2.36. The van der Waals surface area contributed by atoms with Crippen LogP contribution in [0.2, 0.25) is 5.28 Å². The van der Waals surface area contributed by atoms with Gasteiger partial charge in [-0.15, -0.1) is 0 Å². The highest BCUT2D eigenvalue weighted by Gasteiger charge is 2.24. The van der Waals surface area contributed by atoms with Gasteiger partial charge in [-0.1, -0.05) is 13.8 Å². The Hall–Kier alpha value is -1.10. The molecule has 0 spiro atoms. The molecule has 0 N–H and O–H groups in total. The smallest absolute Gasteiger partial charge is 0.322 e. The van der Waals surface area contributed by atoms with Crippen molar-refractivity contribution in [2.75, 3.05) is 18.0 Å². The zero-order valence-corrected chi connectivity index (χ0v) is 13.4. The van der Waals surface area contributed by atoms with Crippen LogP contribution in [-0.2, 0) is 0 Å². The highest BCUT2D eigenvalue weighted by atomic mass is 35.5. The van der Waals surface area contributed by atoms with Gasteiger partial charge in [0.15, 0.2) is 0 Å². The molecule has 1 aliphatic rings. The van der Waals surface area contributed by atoms with Crippen LogP contribution < -0.4 is 9.64 Å². The van der Waals surface area contributed by atoms with Crippen LogP contribution >= 0.6 is 11.6 Å². The molecule has 2 rings (SSSR count). The zero-order valence-electron chi connectivity index (χ0n) is 12.6. The molecule has 1 aromatic rings. The number of aromatic nitrogens is 3. The Bertz CT molecular complexity index is 445. The molecule has 1 aromatic heterocycles. The van der Waals surface area contributed by atoms with E-state index in [0.29, 0.717) is 12.0 Å². The molecule has 0 amide bonds. The van der Waals surface area contributed by atoms with E-state index in [2.05, 4.69) is 33.7 Å². The van der Waals surface area contributed by atoms with E-state index in [1.54, 1.807) is 0 Å². The van der Waals surface area contributed by atoms with Gasteiger partial charge >= 0.3 is 6.01 Å². The van der Waals surface area contributed by atoms with E-state index < -0.39 is 0 Å². The molecule has 0 saturated carbocycles. The maximum absolute atomic E-state index is 5.96. The van der Waals surface area contributed by atoms with Crippen molar-refractivity contribution >= 4 is 17.5 Å². The second kappa shape index (κ2) is 6.57. The maximum Gasteiger partial charge on any atom is 0.322 e. The van der Waals surface area contributed by atoms with Gasteiger partial charge in [0.1, 0.15) is 0 Å². The number of hydrogen-bond donors (Lipinski definition) is 0. The normalized spacial score (nSPS) is 17.1. The lowest BCUT2D eigenvalue weighted by atomic mass is 9.87. The monoisotopic (exact) mass is 298 g/mol. The Balaban J connectivity index is 2.07.